The predicted molar refractivity (Wildman–Crippen MR) is 69.9 cm³/mol. The zero-order valence-corrected chi connectivity index (χ0v) is 11.3. The lowest BCUT2D eigenvalue weighted by molar-refractivity contribution is -0.103. The highest BCUT2D eigenvalue weighted by atomic mass is 16.7. The summed E-state index contributed by atoms with van der Waals surface area (Å²) in [6.45, 7) is 2.14. The van der Waals surface area contributed by atoms with Gasteiger partial charge in [-0.3, -0.25) is 0 Å². The Kier molecular flexibility index (Phi) is 7.01. The van der Waals surface area contributed by atoms with Crippen LogP contribution in [0.4, 0.5) is 0 Å². The molecule has 0 saturated heterocycles. The van der Waals surface area contributed by atoms with Crippen LogP contribution in [0.2, 0.25) is 0 Å². The zero-order chi connectivity index (χ0) is 13.4. The lowest BCUT2D eigenvalue weighted by Crippen LogP contribution is -2.21. The molecule has 1 heterocycles. The fourth-order valence-corrected chi connectivity index (χ4v) is 2.23. The zero-order valence-electron chi connectivity index (χ0n) is 11.3. The summed E-state index contributed by atoms with van der Waals surface area (Å²) in [5, 5.41) is 18.0. The van der Waals surface area contributed by atoms with E-state index in [9.17, 15) is 5.11 Å². The van der Waals surface area contributed by atoms with E-state index in [4.69, 9.17) is 14.6 Å². The first kappa shape index (κ1) is 15.2. The molecule has 4 heteroatoms. The van der Waals surface area contributed by atoms with Crippen molar-refractivity contribution in [2.45, 2.75) is 38.9 Å². The maximum atomic E-state index is 9.35. The van der Waals surface area contributed by atoms with Crippen LogP contribution in [0.3, 0.4) is 0 Å². The van der Waals surface area contributed by atoms with Crippen LogP contribution in [0.1, 0.15) is 32.6 Å². The molecule has 0 amide bonds. The molecular weight excluding hydrogens is 232 g/mol. The topological polar surface area (TPSA) is 58.9 Å². The summed E-state index contributed by atoms with van der Waals surface area (Å²) in [4.78, 5) is 0. The minimum absolute atomic E-state index is 0.0323. The Labute approximate surface area is 109 Å². The number of aliphatic hydroxyl groups is 2. The molecule has 4 nitrogen and oxygen atoms in total. The van der Waals surface area contributed by atoms with Gasteiger partial charge in [0.2, 0.25) is 6.29 Å². The molecule has 0 aliphatic carbocycles. The Morgan fingerprint density at radius 1 is 1.28 bits per heavy atom. The first-order valence-electron chi connectivity index (χ1n) is 6.50. The van der Waals surface area contributed by atoms with Crippen LogP contribution in [0, 0.1) is 5.92 Å². The fourth-order valence-electron chi connectivity index (χ4n) is 2.23. The third-order valence-corrected chi connectivity index (χ3v) is 3.26. The minimum atomic E-state index is -0.266. The van der Waals surface area contributed by atoms with E-state index in [2.05, 4.69) is 12.2 Å². The molecule has 104 valence electrons. The van der Waals surface area contributed by atoms with Gasteiger partial charge < -0.3 is 19.7 Å². The van der Waals surface area contributed by atoms with Gasteiger partial charge in [0, 0.05) is 25.2 Å². The maximum Gasteiger partial charge on any atom is 0.205 e. The first-order chi connectivity index (χ1) is 8.74. The van der Waals surface area contributed by atoms with Crippen molar-refractivity contribution in [3.8, 4) is 0 Å². The van der Waals surface area contributed by atoms with E-state index in [0.29, 0.717) is 0 Å². The largest absolute Gasteiger partial charge is 0.469 e. The number of ether oxygens (including phenoxy) is 2. The van der Waals surface area contributed by atoms with Crippen molar-refractivity contribution in [3.05, 3.63) is 23.5 Å². The van der Waals surface area contributed by atoms with Gasteiger partial charge in [0.05, 0.1) is 12.4 Å². The summed E-state index contributed by atoms with van der Waals surface area (Å²) < 4.78 is 10.9. The number of methoxy groups -OCH3 is 1. The summed E-state index contributed by atoms with van der Waals surface area (Å²) in [7, 11) is 1.63. The second-order valence-corrected chi connectivity index (χ2v) is 4.48. The van der Waals surface area contributed by atoms with Crippen LogP contribution < -0.4 is 0 Å². The smallest absolute Gasteiger partial charge is 0.205 e. The molecule has 0 bridgehead atoms. The van der Waals surface area contributed by atoms with Crippen molar-refractivity contribution in [3.63, 3.8) is 0 Å². The van der Waals surface area contributed by atoms with Gasteiger partial charge >= 0.3 is 0 Å². The number of allylic oxidation sites excluding steroid dienone is 3. The van der Waals surface area contributed by atoms with Crippen LogP contribution in [-0.2, 0) is 9.47 Å². The molecular formula is C14H24O4. The highest BCUT2D eigenvalue weighted by molar-refractivity contribution is 5.17. The van der Waals surface area contributed by atoms with Crippen molar-refractivity contribution in [2.24, 2.45) is 5.92 Å². The van der Waals surface area contributed by atoms with E-state index < -0.39 is 0 Å². The van der Waals surface area contributed by atoms with Gasteiger partial charge in [-0.15, -0.1) is 0 Å². The maximum absolute atomic E-state index is 9.35. The molecule has 0 radical (unpaired) electrons. The summed E-state index contributed by atoms with van der Waals surface area (Å²) in [6, 6.07) is 0. The van der Waals surface area contributed by atoms with Crippen molar-refractivity contribution in [1.82, 2.24) is 0 Å². The average molecular weight is 256 g/mol. The van der Waals surface area contributed by atoms with Crippen LogP contribution in [0.5, 0.6) is 0 Å². The number of hydrogen-bond donors (Lipinski definition) is 2. The van der Waals surface area contributed by atoms with E-state index in [-0.39, 0.29) is 25.4 Å². The molecule has 0 aromatic rings. The van der Waals surface area contributed by atoms with Crippen molar-refractivity contribution < 1.29 is 19.7 Å². The SMILES string of the molecule is CO[C@@H]1OC(C)=C(CO)[C@H]1CC/C=C\CCCO. The quantitative estimate of drug-likeness (QED) is 0.515. The first-order valence-corrected chi connectivity index (χ1v) is 6.50. The van der Waals surface area contributed by atoms with E-state index in [1.165, 1.54) is 0 Å². The number of aliphatic hydroxyl groups excluding tert-OH is 2. The van der Waals surface area contributed by atoms with Crippen molar-refractivity contribution >= 4 is 0 Å². The molecule has 1 aliphatic heterocycles. The molecule has 0 fully saturated rings. The minimum Gasteiger partial charge on any atom is -0.469 e. The van der Waals surface area contributed by atoms with Gasteiger partial charge in [0.15, 0.2) is 0 Å². The molecule has 0 spiro atoms. The second-order valence-electron chi connectivity index (χ2n) is 4.48. The third kappa shape index (κ3) is 4.12. The predicted octanol–water partition coefficient (Wildman–Crippen LogP) is 1.98. The Morgan fingerprint density at radius 3 is 2.61 bits per heavy atom. The van der Waals surface area contributed by atoms with Gasteiger partial charge in [-0.05, 0) is 32.6 Å². The molecule has 1 aliphatic rings. The normalized spacial score (nSPS) is 24.0. The molecule has 0 aromatic carbocycles. The summed E-state index contributed by atoms with van der Waals surface area (Å²) in [6.07, 6.45) is 7.49. The van der Waals surface area contributed by atoms with Crippen molar-refractivity contribution in [1.29, 1.82) is 0 Å². The van der Waals surface area contributed by atoms with Crippen LogP contribution in [0.25, 0.3) is 0 Å². The fraction of sp³-hybridized carbons (Fsp3) is 0.714. The van der Waals surface area contributed by atoms with Gasteiger partial charge in [-0.1, -0.05) is 12.2 Å². The van der Waals surface area contributed by atoms with Crippen LogP contribution >= 0.6 is 0 Å². The van der Waals surface area contributed by atoms with Crippen LogP contribution in [-0.4, -0.2) is 36.8 Å². The summed E-state index contributed by atoms with van der Waals surface area (Å²) >= 11 is 0. The molecule has 0 aromatic heterocycles. The second kappa shape index (κ2) is 8.29. The molecule has 0 saturated carbocycles. The number of hydrogen-bond acceptors (Lipinski definition) is 4. The van der Waals surface area contributed by atoms with Gasteiger partial charge in [0.25, 0.3) is 0 Å². The third-order valence-electron chi connectivity index (χ3n) is 3.26. The Hall–Kier alpha value is -0.840. The van der Waals surface area contributed by atoms with E-state index in [0.717, 1.165) is 37.0 Å². The Balaban J connectivity index is 2.41. The monoisotopic (exact) mass is 256 g/mol. The van der Waals surface area contributed by atoms with Gasteiger partial charge in [-0.2, -0.15) is 0 Å². The molecule has 1 rings (SSSR count). The van der Waals surface area contributed by atoms with Crippen molar-refractivity contribution in [2.75, 3.05) is 20.3 Å². The van der Waals surface area contributed by atoms with Gasteiger partial charge in [0.1, 0.15) is 0 Å². The highest BCUT2D eigenvalue weighted by Crippen LogP contribution is 2.34. The Bertz CT molecular complexity index is 296. The van der Waals surface area contributed by atoms with Gasteiger partial charge in [-0.25, -0.2) is 0 Å². The lowest BCUT2D eigenvalue weighted by Gasteiger charge is -2.18. The van der Waals surface area contributed by atoms with E-state index in [1.807, 2.05) is 6.92 Å². The Morgan fingerprint density at radius 2 is 2.00 bits per heavy atom. The average Bonchev–Trinajstić information content (AvgIpc) is 2.69. The standard InChI is InChI=1S/C14H24O4/c1-11-13(10-16)12(14(17-2)18-11)8-6-4-3-5-7-9-15/h3-4,12,14-16H,5-10H2,1-2H3/b4-3-/t12-,14-/m1/s1. The number of unbranched alkanes of at least 4 members (excludes halogenated alkanes) is 1. The number of rotatable bonds is 8. The summed E-state index contributed by atoms with van der Waals surface area (Å²) in [5.41, 5.74) is 0.950. The highest BCUT2D eigenvalue weighted by Gasteiger charge is 2.33. The molecule has 2 N–H and O–H groups in total. The molecule has 0 unspecified atom stereocenters. The lowest BCUT2D eigenvalue weighted by atomic mass is 9.94. The van der Waals surface area contributed by atoms with Crippen LogP contribution in [0.15, 0.2) is 23.5 Å². The van der Waals surface area contributed by atoms with E-state index in [1.54, 1.807) is 7.11 Å². The molecule has 18 heavy (non-hydrogen) atoms. The molecule has 2 atom stereocenters. The van der Waals surface area contributed by atoms with E-state index >= 15 is 0 Å². The summed E-state index contributed by atoms with van der Waals surface area (Å²) in [5.74, 6) is 0.932.